The van der Waals surface area contributed by atoms with Gasteiger partial charge in [0.05, 0.1) is 32.0 Å². The van der Waals surface area contributed by atoms with Gasteiger partial charge in [-0.3, -0.25) is 4.79 Å². The van der Waals surface area contributed by atoms with Crippen molar-refractivity contribution in [1.29, 1.82) is 0 Å². The molecule has 1 aliphatic carbocycles. The lowest BCUT2D eigenvalue weighted by molar-refractivity contribution is 0.102. The van der Waals surface area contributed by atoms with Crippen molar-refractivity contribution in [2.75, 3.05) is 24.9 Å². The van der Waals surface area contributed by atoms with Crippen LogP contribution < -0.4 is 20.1 Å². The molecule has 0 fully saturated rings. The number of hydrogen-bond acceptors (Lipinski definition) is 6. The molecule has 0 bridgehead atoms. The Hall–Kier alpha value is -2.93. The van der Waals surface area contributed by atoms with Gasteiger partial charge in [0, 0.05) is 10.9 Å². The number of methoxy groups -OCH3 is 2. The maximum atomic E-state index is 13.4. The molecule has 1 amide bonds. The fourth-order valence-corrected chi connectivity index (χ4v) is 5.05. The number of furan rings is 1. The average Bonchev–Trinajstić information content (AvgIpc) is 3.35. The van der Waals surface area contributed by atoms with E-state index in [2.05, 4.69) is 10.6 Å². The van der Waals surface area contributed by atoms with Crippen LogP contribution in [0.1, 0.15) is 45.2 Å². The van der Waals surface area contributed by atoms with E-state index in [-0.39, 0.29) is 5.91 Å². The van der Waals surface area contributed by atoms with Crippen LogP contribution in [0.25, 0.3) is 0 Å². The van der Waals surface area contributed by atoms with Crippen LogP contribution in [-0.4, -0.2) is 20.1 Å². The van der Waals surface area contributed by atoms with Gasteiger partial charge in [-0.25, -0.2) is 0 Å². The van der Waals surface area contributed by atoms with Crippen LogP contribution in [-0.2, 0) is 19.4 Å². The van der Waals surface area contributed by atoms with E-state index in [1.165, 1.54) is 4.88 Å². The first-order valence-corrected chi connectivity index (χ1v) is 10.9. The topological polar surface area (TPSA) is 72.7 Å². The fraction of sp³-hybridized carbons (Fsp3) is 0.348. The summed E-state index contributed by atoms with van der Waals surface area (Å²) in [5.74, 6) is 2.83. The lowest BCUT2D eigenvalue weighted by atomic mass is 9.95. The Labute approximate surface area is 180 Å². The van der Waals surface area contributed by atoms with Crippen LogP contribution in [0, 0.1) is 6.92 Å². The molecule has 0 aliphatic heterocycles. The maximum absolute atomic E-state index is 13.4. The molecule has 0 saturated carbocycles. The first-order valence-electron chi connectivity index (χ1n) is 10.1. The summed E-state index contributed by atoms with van der Waals surface area (Å²) in [5, 5.41) is 7.35. The summed E-state index contributed by atoms with van der Waals surface area (Å²) in [6.45, 7) is 2.47. The number of fused-ring (bicyclic) bond motifs is 1. The van der Waals surface area contributed by atoms with Gasteiger partial charge in [-0.2, -0.15) is 0 Å². The van der Waals surface area contributed by atoms with Crippen molar-refractivity contribution in [3.63, 3.8) is 0 Å². The number of rotatable bonds is 7. The molecule has 4 rings (SSSR count). The molecule has 1 aliphatic rings. The lowest BCUT2D eigenvalue weighted by Crippen LogP contribution is -2.17. The molecule has 158 valence electrons. The van der Waals surface area contributed by atoms with Gasteiger partial charge in [-0.15, -0.1) is 11.3 Å². The number of aryl methyl sites for hydroxylation is 2. The number of amides is 1. The third kappa shape index (κ3) is 4.16. The third-order valence-electron chi connectivity index (χ3n) is 5.27. The smallest absolute Gasteiger partial charge is 0.259 e. The van der Waals surface area contributed by atoms with Crippen molar-refractivity contribution in [2.45, 2.75) is 39.2 Å². The third-order valence-corrected chi connectivity index (χ3v) is 6.52. The fourth-order valence-electron chi connectivity index (χ4n) is 3.76. The minimum atomic E-state index is -0.129. The number of carbonyl (C=O) groups is 1. The van der Waals surface area contributed by atoms with Gasteiger partial charge < -0.3 is 24.5 Å². The van der Waals surface area contributed by atoms with E-state index in [1.807, 2.05) is 19.1 Å². The molecule has 2 N–H and O–H groups in total. The molecule has 7 heteroatoms. The van der Waals surface area contributed by atoms with Crippen molar-refractivity contribution in [3.8, 4) is 11.5 Å². The Morgan fingerprint density at radius 3 is 2.70 bits per heavy atom. The van der Waals surface area contributed by atoms with E-state index in [0.717, 1.165) is 53.3 Å². The van der Waals surface area contributed by atoms with E-state index < -0.39 is 0 Å². The van der Waals surface area contributed by atoms with E-state index in [9.17, 15) is 4.79 Å². The second kappa shape index (κ2) is 8.83. The SMILES string of the molecule is COc1ccc(NC(=O)c2c(NCc3ccc(C)o3)sc3c2CCCC3)c(OC)c1. The summed E-state index contributed by atoms with van der Waals surface area (Å²) in [4.78, 5) is 14.6. The number of anilines is 2. The minimum Gasteiger partial charge on any atom is -0.497 e. The second-order valence-electron chi connectivity index (χ2n) is 7.30. The van der Waals surface area contributed by atoms with Crippen LogP contribution in [0.3, 0.4) is 0 Å². The zero-order valence-electron chi connectivity index (χ0n) is 17.5. The van der Waals surface area contributed by atoms with Crippen molar-refractivity contribution >= 4 is 27.9 Å². The van der Waals surface area contributed by atoms with Crippen molar-refractivity contribution < 1.29 is 18.7 Å². The average molecular weight is 427 g/mol. The minimum absolute atomic E-state index is 0.129. The van der Waals surface area contributed by atoms with E-state index in [1.54, 1.807) is 43.8 Å². The van der Waals surface area contributed by atoms with Gasteiger partial charge in [0.2, 0.25) is 0 Å². The van der Waals surface area contributed by atoms with Gasteiger partial charge in [-0.1, -0.05) is 0 Å². The number of ether oxygens (including phenoxy) is 2. The van der Waals surface area contributed by atoms with E-state index in [4.69, 9.17) is 13.9 Å². The monoisotopic (exact) mass is 426 g/mol. The summed E-state index contributed by atoms with van der Waals surface area (Å²) in [6.07, 6.45) is 4.22. The second-order valence-corrected chi connectivity index (χ2v) is 8.41. The summed E-state index contributed by atoms with van der Waals surface area (Å²) in [7, 11) is 3.18. The Bertz CT molecular complexity index is 1050. The largest absolute Gasteiger partial charge is 0.497 e. The Morgan fingerprint density at radius 2 is 1.97 bits per heavy atom. The highest BCUT2D eigenvalue weighted by molar-refractivity contribution is 7.16. The first kappa shape index (κ1) is 20.3. The zero-order chi connectivity index (χ0) is 21.1. The van der Waals surface area contributed by atoms with E-state index >= 15 is 0 Å². The predicted octanol–water partition coefficient (Wildman–Crippen LogP) is 5.41. The predicted molar refractivity (Wildman–Crippen MR) is 119 cm³/mol. The highest BCUT2D eigenvalue weighted by Gasteiger charge is 2.26. The standard InChI is InChI=1S/C23H26N2O4S/c1-14-8-9-16(29-14)13-24-23-21(17-6-4-5-7-20(17)30-23)22(26)25-18-11-10-15(27-2)12-19(18)28-3/h8-12,24H,4-7,13H2,1-3H3,(H,25,26). The van der Waals surface area contributed by atoms with Crippen LogP contribution in [0.4, 0.5) is 10.7 Å². The molecule has 0 atom stereocenters. The molecule has 1 aromatic carbocycles. The number of benzene rings is 1. The molecule has 3 aromatic rings. The molecule has 30 heavy (non-hydrogen) atoms. The Kier molecular flexibility index (Phi) is 5.99. The quantitative estimate of drug-likeness (QED) is 0.528. The highest BCUT2D eigenvalue weighted by atomic mass is 32.1. The summed E-state index contributed by atoms with van der Waals surface area (Å²) >= 11 is 1.68. The molecular weight excluding hydrogens is 400 g/mol. The van der Waals surface area contributed by atoms with Crippen LogP contribution >= 0.6 is 11.3 Å². The Balaban J connectivity index is 1.61. The van der Waals surface area contributed by atoms with Crippen molar-refractivity contribution in [2.24, 2.45) is 0 Å². The molecular formula is C23H26N2O4S. The van der Waals surface area contributed by atoms with Gasteiger partial charge in [-0.05, 0) is 62.4 Å². The molecule has 2 aromatic heterocycles. The number of nitrogens with one attached hydrogen (secondary N) is 2. The van der Waals surface area contributed by atoms with Gasteiger partial charge in [0.1, 0.15) is 28.0 Å². The van der Waals surface area contributed by atoms with E-state index in [0.29, 0.717) is 23.7 Å². The lowest BCUT2D eigenvalue weighted by Gasteiger charge is -2.15. The molecule has 0 saturated heterocycles. The number of hydrogen-bond donors (Lipinski definition) is 2. The van der Waals surface area contributed by atoms with Crippen LogP contribution in [0.15, 0.2) is 34.7 Å². The van der Waals surface area contributed by atoms with Gasteiger partial charge >= 0.3 is 0 Å². The van der Waals surface area contributed by atoms with Gasteiger partial charge in [0.15, 0.2) is 0 Å². The first-order chi connectivity index (χ1) is 14.6. The summed E-state index contributed by atoms with van der Waals surface area (Å²) < 4.78 is 16.4. The number of thiophene rings is 1. The zero-order valence-corrected chi connectivity index (χ0v) is 18.3. The number of carbonyl (C=O) groups excluding carboxylic acids is 1. The highest BCUT2D eigenvalue weighted by Crippen LogP contribution is 2.39. The van der Waals surface area contributed by atoms with Crippen LogP contribution in [0.2, 0.25) is 0 Å². The summed E-state index contributed by atoms with van der Waals surface area (Å²) in [6, 6.07) is 9.27. The Morgan fingerprint density at radius 1 is 1.13 bits per heavy atom. The van der Waals surface area contributed by atoms with Crippen molar-refractivity contribution in [1.82, 2.24) is 0 Å². The van der Waals surface area contributed by atoms with Crippen molar-refractivity contribution in [3.05, 3.63) is 57.9 Å². The maximum Gasteiger partial charge on any atom is 0.259 e. The molecule has 0 unspecified atom stereocenters. The van der Waals surface area contributed by atoms with Gasteiger partial charge in [0.25, 0.3) is 5.91 Å². The molecule has 0 radical (unpaired) electrons. The normalized spacial score (nSPS) is 12.9. The molecule has 0 spiro atoms. The van der Waals surface area contributed by atoms with Crippen LogP contribution in [0.5, 0.6) is 11.5 Å². The summed E-state index contributed by atoms with van der Waals surface area (Å²) in [5.41, 5.74) is 2.51. The molecule has 2 heterocycles. The molecule has 6 nitrogen and oxygen atoms in total.